The summed E-state index contributed by atoms with van der Waals surface area (Å²) in [5.74, 6) is -2.10. The molecule has 1 amide bonds. The third-order valence-electron chi connectivity index (χ3n) is 2.27. The number of nitrogens with one attached hydrogen (secondary N) is 2. The SMILES string of the molecule is CCOc1ccc(C(=O)Nc2n[nH]c(C(F)(F)F)n2)cn1. The average molecular weight is 301 g/mol. The number of amides is 1. The Bertz CT molecular complexity index is 624. The van der Waals surface area contributed by atoms with E-state index in [1.165, 1.54) is 18.3 Å². The molecule has 0 unspecified atom stereocenters. The summed E-state index contributed by atoms with van der Waals surface area (Å²) in [6.07, 6.45) is -3.42. The standard InChI is InChI=1S/C11H10F3N5O2/c1-2-21-7-4-3-6(5-15-7)8(20)16-10-17-9(18-19-10)11(12,13)14/h3-5H,2H2,1H3,(H2,16,17,18,19,20). The molecule has 0 bridgehead atoms. The molecule has 0 atom stereocenters. The number of hydrogen-bond donors (Lipinski definition) is 2. The largest absolute Gasteiger partial charge is 0.478 e. The number of aromatic amines is 1. The van der Waals surface area contributed by atoms with Crippen molar-refractivity contribution in [1.29, 1.82) is 0 Å². The van der Waals surface area contributed by atoms with E-state index in [-0.39, 0.29) is 5.56 Å². The summed E-state index contributed by atoms with van der Waals surface area (Å²) in [5, 5.41) is 7.08. The molecular weight excluding hydrogens is 291 g/mol. The molecule has 0 saturated heterocycles. The molecular formula is C11H10F3N5O2. The first kappa shape index (κ1) is 14.8. The van der Waals surface area contributed by atoms with Crippen LogP contribution in [0.4, 0.5) is 19.1 Å². The van der Waals surface area contributed by atoms with Crippen molar-refractivity contribution < 1.29 is 22.7 Å². The number of halogens is 3. The Morgan fingerprint density at radius 2 is 2.19 bits per heavy atom. The lowest BCUT2D eigenvalue weighted by Gasteiger charge is -2.03. The third-order valence-corrected chi connectivity index (χ3v) is 2.27. The van der Waals surface area contributed by atoms with E-state index >= 15 is 0 Å². The van der Waals surface area contributed by atoms with Gasteiger partial charge in [-0.15, -0.1) is 5.10 Å². The molecule has 2 aromatic rings. The number of aromatic nitrogens is 4. The number of H-pyrrole nitrogens is 1. The Morgan fingerprint density at radius 1 is 1.43 bits per heavy atom. The Morgan fingerprint density at radius 3 is 2.71 bits per heavy atom. The van der Waals surface area contributed by atoms with Crippen molar-refractivity contribution in [2.45, 2.75) is 13.1 Å². The van der Waals surface area contributed by atoms with Gasteiger partial charge in [-0.2, -0.15) is 18.2 Å². The molecule has 7 nitrogen and oxygen atoms in total. The fourth-order valence-electron chi connectivity index (χ4n) is 1.37. The highest BCUT2D eigenvalue weighted by Gasteiger charge is 2.35. The van der Waals surface area contributed by atoms with Crippen LogP contribution in [0.25, 0.3) is 0 Å². The van der Waals surface area contributed by atoms with Crippen LogP contribution in [0.2, 0.25) is 0 Å². The molecule has 0 radical (unpaired) electrons. The number of rotatable bonds is 4. The van der Waals surface area contributed by atoms with Gasteiger partial charge in [-0.25, -0.2) is 4.98 Å². The predicted molar refractivity (Wildman–Crippen MR) is 64.7 cm³/mol. The zero-order valence-corrected chi connectivity index (χ0v) is 10.7. The highest BCUT2D eigenvalue weighted by atomic mass is 19.4. The van der Waals surface area contributed by atoms with E-state index in [9.17, 15) is 18.0 Å². The number of ether oxygens (including phenoxy) is 1. The van der Waals surface area contributed by atoms with Crippen LogP contribution in [0.5, 0.6) is 5.88 Å². The van der Waals surface area contributed by atoms with Gasteiger partial charge in [0.2, 0.25) is 17.7 Å². The average Bonchev–Trinajstić information content (AvgIpc) is 2.88. The lowest BCUT2D eigenvalue weighted by atomic mass is 10.3. The minimum Gasteiger partial charge on any atom is -0.478 e. The van der Waals surface area contributed by atoms with Gasteiger partial charge in [0.05, 0.1) is 12.2 Å². The van der Waals surface area contributed by atoms with Crippen molar-refractivity contribution in [3.63, 3.8) is 0 Å². The van der Waals surface area contributed by atoms with E-state index in [4.69, 9.17) is 4.74 Å². The van der Waals surface area contributed by atoms with Crippen molar-refractivity contribution in [2.24, 2.45) is 0 Å². The van der Waals surface area contributed by atoms with Gasteiger partial charge >= 0.3 is 6.18 Å². The summed E-state index contributed by atoms with van der Waals surface area (Å²) in [7, 11) is 0. The van der Waals surface area contributed by atoms with Crippen molar-refractivity contribution >= 4 is 11.9 Å². The fraction of sp³-hybridized carbons (Fsp3) is 0.273. The van der Waals surface area contributed by atoms with Crippen LogP contribution in [0, 0.1) is 0 Å². The van der Waals surface area contributed by atoms with Crippen molar-refractivity contribution in [3.8, 4) is 5.88 Å². The first-order valence-electron chi connectivity index (χ1n) is 5.80. The third kappa shape index (κ3) is 3.68. The number of hydrogen-bond acceptors (Lipinski definition) is 5. The van der Waals surface area contributed by atoms with E-state index in [2.05, 4.69) is 20.4 Å². The molecule has 0 aromatic carbocycles. The van der Waals surface area contributed by atoms with Crippen LogP contribution in [-0.2, 0) is 6.18 Å². The highest BCUT2D eigenvalue weighted by molar-refractivity contribution is 6.03. The summed E-state index contributed by atoms with van der Waals surface area (Å²) in [6.45, 7) is 2.21. The van der Waals surface area contributed by atoms with Gasteiger partial charge in [-0.1, -0.05) is 0 Å². The van der Waals surface area contributed by atoms with Gasteiger partial charge in [0.1, 0.15) is 0 Å². The summed E-state index contributed by atoms with van der Waals surface area (Å²) in [4.78, 5) is 18.8. The molecule has 10 heteroatoms. The monoisotopic (exact) mass is 301 g/mol. The van der Waals surface area contributed by atoms with Crippen molar-refractivity contribution in [1.82, 2.24) is 20.2 Å². The van der Waals surface area contributed by atoms with E-state index in [0.717, 1.165) is 0 Å². The van der Waals surface area contributed by atoms with Gasteiger partial charge in [0.25, 0.3) is 5.91 Å². The number of anilines is 1. The van der Waals surface area contributed by atoms with E-state index in [1.54, 1.807) is 12.0 Å². The molecule has 0 aliphatic carbocycles. The molecule has 0 aliphatic rings. The maximum atomic E-state index is 12.3. The quantitative estimate of drug-likeness (QED) is 0.899. The lowest BCUT2D eigenvalue weighted by molar-refractivity contribution is -0.144. The highest BCUT2D eigenvalue weighted by Crippen LogP contribution is 2.26. The maximum absolute atomic E-state index is 12.3. The van der Waals surface area contributed by atoms with Gasteiger partial charge in [-0.05, 0) is 13.0 Å². The van der Waals surface area contributed by atoms with Crippen LogP contribution in [0.3, 0.4) is 0 Å². The van der Waals surface area contributed by atoms with Gasteiger partial charge < -0.3 is 4.74 Å². The smallest absolute Gasteiger partial charge is 0.451 e. The van der Waals surface area contributed by atoms with Crippen LogP contribution in [-0.4, -0.2) is 32.7 Å². The summed E-state index contributed by atoms with van der Waals surface area (Å²) in [5.41, 5.74) is 0.136. The minimum atomic E-state index is -4.66. The molecule has 112 valence electrons. The Kier molecular flexibility index (Phi) is 4.05. The molecule has 2 heterocycles. The predicted octanol–water partition coefficient (Wildman–Crippen LogP) is 1.87. The molecule has 0 spiro atoms. The van der Waals surface area contributed by atoms with E-state index in [0.29, 0.717) is 12.5 Å². The zero-order chi connectivity index (χ0) is 15.5. The van der Waals surface area contributed by atoms with Crippen LogP contribution in [0.1, 0.15) is 23.1 Å². The first-order valence-corrected chi connectivity index (χ1v) is 5.80. The number of carbonyl (C=O) groups is 1. The van der Waals surface area contributed by atoms with Crippen LogP contribution >= 0.6 is 0 Å². The van der Waals surface area contributed by atoms with E-state index in [1.807, 2.05) is 0 Å². The normalized spacial score (nSPS) is 11.2. The second kappa shape index (κ2) is 5.77. The first-order chi connectivity index (χ1) is 9.90. The topological polar surface area (TPSA) is 92.8 Å². The minimum absolute atomic E-state index is 0.136. The molecule has 2 rings (SSSR count). The Labute approximate surface area is 116 Å². The van der Waals surface area contributed by atoms with E-state index < -0.39 is 23.9 Å². The number of alkyl halides is 3. The number of nitrogens with zero attached hydrogens (tertiary/aromatic N) is 3. The summed E-state index contributed by atoms with van der Waals surface area (Å²) in [6, 6.07) is 2.89. The lowest BCUT2D eigenvalue weighted by Crippen LogP contribution is -2.14. The fourth-order valence-corrected chi connectivity index (χ4v) is 1.37. The van der Waals surface area contributed by atoms with Gasteiger partial charge in [0, 0.05) is 12.3 Å². The van der Waals surface area contributed by atoms with Crippen molar-refractivity contribution in [3.05, 3.63) is 29.7 Å². The summed E-state index contributed by atoms with van der Waals surface area (Å²) >= 11 is 0. The van der Waals surface area contributed by atoms with Crippen LogP contribution in [0.15, 0.2) is 18.3 Å². The Balaban J connectivity index is 2.05. The second-order valence-corrected chi connectivity index (χ2v) is 3.78. The summed E-state index contributed by atoms with van der Waals surface area (Å²) < 4.78 is 42.0. The number of pyridine rings is 1. The van der Waals surface area contributed by atoms with Gasteiger partial charge in [-0.3, -0.25) is 15.2 Å². The molecule has 0 saturated carbocycles. The molecule has 0 aliphatic heterocycles. The molecule has 2 aromatic heterocycles. The molecule has 21 heavy (non-hydrogen) atoms. The molecule has 2 N–H and O–H groups in total. The van der Waals surface area contributed by atoms with Gasteiger partial charge in [0.15, 0.2) is 0 Å². The zero-order valence-electron chi connectivity index (χ0n) is 10.7. The second-order valence-electron chi connectivity index (χ2n) is 3.78. The van der Waals surface area contributed by atoms with Crippen LogP contribution < -0.4 is 10.1 Å². The Hall–Kier alpha value is -2.65. The molecule has 0 fully saturated rings. The maximum Gasteiger partial charge on any atom is 0.451 e. The number of carbonyl (C=O) groups excluding carboxylic acids is 1. The van der Waals surface area contributed by atoms with Crippen molar-refractivity contribution in [2.75, 3.05) is 11.9 Å².